The third-order valence-electron chi connectivity index (χ3n) is 4.72. The molecule has 0 atom stereocenters. The average Bonchev–Trinajstić information content (AvgIpc) is 3.09. The smallest absolute Gasteiger partial charge is 0.160 e. The Morgan fingerprint density at radius 3 is 2.38 bits per heavy atom. The van der Waals surface area contributed by atoms with Gasteiger partial charge in [-0.1, -0.05) is 47.1 Å². The summed E-state index contributed by atoms with van der Waals surface area (Å²) in [6.45, 7) is 2.36. The molecule has 4 rings (SSSR count). The fraction of sp³-hybridized carbons (Fsp3) is 0.125. The molecule has 0 saturated carbocycles. The minimum Gasteiger partial charge on any atom is -0.497 e. The van der Waals surface area contributed by atoms with Crippen LogP contribution in [0.1, 0.15) is 22.5 Å². The highest BCUT2D eigenvalue weighted by Gasteiger charge is 2.18. The van der Waals surface area contributed by atoms with Gasteiger partial charge in [0.05, 0.1) is 7.11 Å². The summed E-state index contributed by atoms with van der Waals surface area (Å²) in [5.74, 6) is 1.46. The normalized spacial score (nSPS) is 11.6. The average molecular weight is 406 g/mol. The number of furan rings is 1. The summed E-state index contributed by atoms with van der Waals surface area (Å²) in [4.78, 5) is 5.69. The van der Waals surface area contributed by atoms with Crippen molar-refractivity contribution >= 4 is 28.3 Å². The van der Waals surface area contributed by atoms with Crippen molar-refractivity contribution in [3.63, 3.8) is 0 Å². The first-order valence-corrected chi connectivity index (χ1v) is 9.61. The summed E-state index contributed by atoms with van der Waals surface area (Å²) in [6.07, 6.45) is 0. The van der Waals surface area contributed by atoms with Gasteiger partial charge in [0.15, 0.2) is 11.5 Å². The maximum atomic E-state index is 6.13. The van der Waals surface area contributed by atoms with Crippen LogP contribution in [0.3, 0.4) is 0 Å². The zero-order chi connectivity index (χ0) is 20.2. The zero-order valence-corrected chi connectivity index (χ0v) is 16.9. The number of hydrogen-bond donors (Lipinski definition) is 0. The molecule has 0 N–H and O–H groups in total. The first-order valence-electron chi connectivity index (χ1n) is 9.23. The Morgan fingerprint density at radius 1 is 0.966 bits per heavy atom. The molecule has 1 heterocycles. The van der Waals surface area contributed by atoms with Gasteiger partial charge in [-0.15, -0.1) is 0 Å². The highest BCUT2D eigenvalue weighted by atomic mass is 35.5. The first-order chi connectivity index (χ1) is 14.2. The van der Waals surface area contributed by atoms with Crippen molar-refractivity contribution in [3.05, 3.63) is 100 Å². The van der Waals surface area contributed by atoms with Crippen LogP contribution >= 0.6 is 11.6 Å². The molecule has 0 aliphatic carbocycles. The van der Waals surface area contributed by atoms with Crippen LogP contribution in [-0.2, 0) is 11.4 Å². The molecule has 0 spiro atoms. The van der Waals surface area contributed by atoms with Crippen molar-refractivity contribution in [2.75, 3.05) is 7.11 Å². The number of para-hydroxylation sites is 1. The lowest BCUT2D eigenvalue weighted by atomic mass is 10.0. The van der Waals surface area contributed by atoms with E-state index < -0.39 is 0 Å². The molecule has 3 aromatic carbocycles. The number of oxime groups is 1. The molecule has 0 radical (unpaired) electrons. The van der Waals surface area contributed by atoms with Crippen LogP contribution in [-0.4, -0.2) is 12.8 Å². The first kappa shape index (κ1) is 19.1. The number of halogens is 1. The van der Waals surface area contributed by atoms with Gasteiger partial charge in [-0.3, -0.25) is 0 Å². The van der Waals surface area contributed by atoms with Crippen LogP contribution in [0.4, 0.5) is 0 Å². The fourth-order valence-corrected chi connectivity index (χ4v) is 3.25. The molecule has 0 saturated heterocycles. The highest BCUT2D eigenvalue weighted by Crippen LogP contribution is 2.28. The predicted octanol–water partition coefficient (Wildman–Crippen LogP) is 6.37. The Hall–Kier alpha value is -3.24. The Labute approximate surface area is 174 Å². The number of nitrogens with zero attached hydrogens (tertiary/aromatic N) is 1. The van der Waals surface area contributed by atoms with Gasteiger partial charge >= 0.3 is 0 Å². The lowest BCUT2D eigenvalue weighted by Crippen LogP contribution is -2.05. The van der Waals surface area contributed by atoms with Gasteiger partial charge in [0.2, 0.25) is 0 Å². The van der Waals surface area contributed by atoms with Crippen LogP contribution in [0.5, 0.6) is 5.75 Å². The Kier molecular flexibility index (Phi) is 5.54. The fourth-order valence-electron chi connectivity index (χ4n) is 3.13. The molecule has 0 bridgehead atoms. The monoisotopic (exact) mass is 405 g/mol. The second-order valence-corrected chi connectivity index (χ2v) is 7.06. The van der Waals surface area contributed by atoms with Crippen molar-refractivity contribution in [2.24, 2.45) is 5.16 Å². The summed E-state index contributed by atoms with van der Waals surface area (Å²) in [7, 11) is 1.64. The minimum absolute atomic E-state index is 0.329. The van der Waals surface area contributed by atoms with E-state index in [1.54, 1.807) is 7.11 Å². The summed E-state index contributed by atoms with van der Waals surface area (Å²) < 4.78 is 11.4. The van der Waals surface area contributed by atoms with E-state index in [2.05, 4.69) is 5.16 Å². The van der Waals surface area contributed by atoms with E-state index in [0.29, 0.717) is 23.1 Å². The van der Waals surface area contributed by atoms with Crippen LogP contribution in [0.25, 0.3) is 11.0 Å². The minimum atomic E-state index is 0.329. The second kappa shape index (κ2) is 8.41. The third-order valence-corrected chi connectivity index (χ3v) is 4.97. The van der Waals surface area contributed by atoms with Crippen molar-refractivity contribution in [1.29, 1.82) is 0 Å². The maximum Gasteiger partial charge on any atom is 0.160 e. The number of fused-ring (bicyclic) bond motifs is 1. The molecule has 0 fully saturated rings. The van der Waals surface area contributed by atoms with E-state index in [9.17, 15) is 0 Å². The van der Waals surface area contributed by atoms with E-state index in [4.69, 9.17) is 25.6 Å². The van der Waals surface area contributed by atoms with Gasteiger partial charge < -0.3 is 14.0 Å². The Balaban J connectivity index is 1.71. The van der Waals surface area contributed by atoms with Crippen molar-refractivity contribution < 1.29 is 14.0 Å². The molecule has 0 amide bonds. The predicted molar refractivity (Wildman–Crippen MR) is 116 cm³/mol. The van der Waals surface area contributed by atoms with Crippen LogP contribution in [0, 0.1) is 6.92 Å². The zero-order valence-electron chi connectivity index (χ0n) is 16.2. The number of aryl methyl sites for hydroxylation is 1. The van der Waals surface area contributed by atoms with Crippen molar-refractivity contribution in [3.8, 4) is 5.75 Å². The summed E-state index contributed by atoms with van der Waals surface area (Å²) in [5, 5.41) is 6.19. The van der Waals surface area contributed by atoms with Crippen LogP contribution in [0.2, 0.25) is 5.02 Å². The molecule has 4 nitrogen and oxygen atoms in total. The van der Waals surface area contributed by atoms with E-state index in [0.717, 1.165) is 33.4 Å². The van der Waals surface area contributed by atoms with E-state index in [1.165, 1.54) is 0 Å². The number of benzene rings is 3. The van der Waals surface area contributed by atoms with Crippen LogP contribution < -0.4 is 4.74 Å². The number of ether oxygens (including phenoxy) is 1. The van der Waals surface area contributed by atoms with Gasteiger partial charge in [0, 0.05) is 21.5 Å². The van der Waals surface area contributed by atoms with Gasteiger partial charge in [0.25, 0.3) is 0 Å². The number of methoxy groups -OCH3 is 1. The quantitative estimate of drug-likeness (QED) is 0.276. The summed E-state index contributed by atoms with van der Waals surface area (Å²) in [5.41, 5.74) is 4.33. The molecule has 146 valence electrons. The highest BCUT2D eigenvalue weighted by molar-refractivity contribution is 6.30. The maximum absolute atomic E-state index is 6.13. The van der Waals surface area contributed by atoms with Crippen molar-refractivity contribution in [1.82, 2.24) is 0 Å². The number of hydrogen-bond acceptors (Lipinski definition) is 4. The summed E-state index contributed by atoms with van der Waals surface area (Å²) in [6, 6.07) is 23.1. The topological polar surface area (TPSA) is 44.0 Å². The Morgan fingerprint density at radius 2 is 1.69 bits per heavy atom. The molecule has 5 heteroatoms. The molecule has 1 aromatic heterocycles. The lowest BCUT2D eigenvalue weighted by molar-refractivity contribution is 0.130. The van der Waals surface area contributed by atoms with Gasteiger partial charge in [0.1, 0.15) is 17.9 Å². The molecule has 0 aliphatic rings. The van der Waals surface area contributed by atoms with E-state index >= 15 is 0 Å². The molecule has 4 aromatic rings. The summed E-state index contributed by atoms with van der Waals surface area (Å²) >= 11 is 5.95. The van der Waals surface area contributed by atoms with Gasteiger partial charge in [-0.05, 0) is 55.0 Å². The third kappa shape index (κ3) is 4.13. The second-order valence-electron chi connectivity index (χ2n) is 6.62. The lowest BCUT2D eigenvalue weighted by Gasteiger charge is -2.07. The molecular weight excluding hydrogens is 386 g/mol. The standard InChI is InChI=1S/C24H20ClNO3/c1-16-21-5-3-4-6-22(21)29-24(16)23(18-9-13-20(27-2)14-10-18)26-28-15-17-7-11-19(25)12-8-17/h3-14H,15H2,1-2H3/b26-23+. The largest absolute Gasteiger partial charge is 0.497 e. The molecule has 0 unspecified atom stereocenters. The van der Waals surface area contributed by atoms with E-state index in [-0.39, 0.29) is 0 Å². The van der Waals surface area contributed by atoms with Gasteiger partial charge in [-0.25, -0.2) is 0 Å². The number of rotatable bonds is 6. The van der Waals surface area contributed by atoms with Crippen LogP contribution in [0.15, 0.2) is 82.4 Å². The molecule has 0 aliphatic heterocycles. The molecular formula is C24H20ClNO3. The molecule has 29 heavy (non-hydrogen) atoms. The Bertz CT molecular complexity index is 1150. The van der Waals surface area contributed by atoms with E-state index in [1.807, 2.05) is 79.7 Å². The van der Waals surface area contributed by atoms with Crippen molar-refractivity contribution in [2.45, 2.75) is 13.5 Å². The SMILES string of the molecule is COc1ccc(/C(=N\OCc2ccc(Cl)cc2)c2oc3ccccc3c2C)cc1. The van der Waals surface area contributed by atoms with Gasteiger partial charge in [-0.2, -0.15) is 0 Å².